The summed E-state index contributed by atoms with van der Waals surface area (Å²) < 4.78 is 5.72. The Bertz CT molecular complexity index is 406. The lowest BCUT2D eigenvalue weighted by Gasteiger charge is -2.29. The largest absolute Gasteiger partial charge is 0.468 e. The van der Waals surface area contributed by atoms with E-state index >= 15 is 0 Å². The van der Waals surface area contributed by atoms with E-state index in [2.05, 4.69) is 69.9 Å². The number of nitrogens with zero attached hydrogens (tertiary/aromatic N) is 2. The van der Waals surface area contributed by atoms with Crippen LogP contribution in [0.15, 0.2) is 16.7 Å². The molecule has 0 bridgehead atoms. The van der Waals surface area contributed by atoms with Gasteiger partial charge < -0.3 is 14.6 Å². The van der Waals surface area contributed by atoms with E-state index in [0.29, 0.717) is 6.04 Å². The molecule has 0 aliphatic heterocycles. The zero-order chi connectivity index (χ0) is 16.0. The Hall–Kier alpha value is -0.840. The Kier molecular flexibility index (Phi) is 6.91. The standard InChI is InChI=1S/C17H33N3O/c1-8-20(14(2)11-19(6)7)12-16-9-15(13-21-16)10-18-17(3,4)5/h9,13-14,18H,8,10-12H2,1-7H3. The smallest absolute Gasteiger partial charge is 0.118 e. The third-order valence-corrected chi connectivity index (χ3v) is 3.55. The van der Waals surface area contributed by atoms with Gasteiger partial charge in [-0.25, -0.2) is 0 Å². The van der Waals surface area contributed by atoms with Crippen molar-refractivity contribution in [2.24, 2.45) is 0 Å². The maximum Gasteiger partial charge on any atom is 0.118 e. The predicted molar refractivity (Wildman–Crippen MR) is 89.4 cm³/mol. The molecule has 0 amide bonds. The van der Waals surface area contributed by atoms with Crippen LogP contribution in [0.1, 0.15) is 45.9 Å². The molecule has 0 fully saturated rings. The highest BCUT2D eigenvalue weighted by Gasteiger charge is 2.15. The Morgan fingerprint density at radius 2 is 1.95 bits per heavy atom. The normalized spacial score (nSPS) is 14.1. The van der Waals surface area contributed by atoms with Crippen molar-refractivity contribution in [1.29, 1.82) is 0 Å². The molecular weight excluding hydrogens is 262 g/mol. The molecule has 0 radical (unpaired) electrons. The maximum atomic E-state index is 5.72. The van der Waals surface area contributed by atoms with Crippen LogP contribution in [-0.4, -0.2) is 48.6 Å². The van der Waals surface area contributed by atoms with Crippen molar-refractivity contribution >= 4 is 0 Å². The van der Waals surface area contributed by atoms with Crippen molar-refractivity contribution in [3.63, 3.8) is 0 Å². The van der Waals surface area contributed by atoms with Gasteiger partial charge in [-0.15, -0.1) is 0 Å². The van der Waals surface area contributed by atoms with E-state index in [-0.39, 0.29) is 5.54 Å². The average Bonchev–Trinajstić information content (AvgIpc) is 2.79. The second-order valence-electron chi connectivity index (χ2n) is 7.20. The van der Waals surface area contributed by atoms with Gasteiger partial charge >= 0.3 is 0 Å². The fourth-order valence-corrected chi connectivity index (χ4v) is 2.39. The zero-order valence-electron chi connectivity index (χ0n) is 14.9. The SMILES string of the molecule is CCN(Cc1cc(CNC(C)(C)C)co1)C(C)CN(C)C. The first kappa shape index (κ1) is 18.2. The Labute approximate surface area is 130 Å². The monoisotopic (exact) mass is 295 g/mol. The molecule has 0 saturated heterocycles. The van der Waals surface area contributed by atoms with Crippen LogP contribution in [0, 0.1) is 0 Å². The second-order valence-corrected chi connectivity index (χ2v) is 7.20. The average molecular weight is 295 g/mol. The van der Waals surface area contributed by atoms with Crippen molar-refractivity contribution < 1.29 is 4.42 Å². The highest BCUT2D eigenvalue weighted by Crippen LogP contribution is 2.14. The van der Waals surface area contributed by atoms with Gasteiger partial charge in [-0.05, 0) is 54.4 Å². The Morgan fingerprint density at radius 3 is 2.48 bits per heavy atom. The molecule has 0 aromatic carbocycles. The van der Waals surface area contributed by atoms with Crippen LogP contribution in [0.2, 0.25) is 0 Å². The summed E-state index contributed by atoms with van der Waals surface area (Å²) in [6.45, 7) is 14.8. The molecule has 1 heterocycles. The van der Waals surface area contributed by atoms with Crippen LogP contribution >= 0.6 is 0 Å². The molecule has 1 unspecified atom stereocenters. The van der Waals surface area contributed by atoms with Crippen LogP contribution < -0.4 is 5.32 Å². The lowest BCUT2D eigenvalue weighted by atomic mass is 10.1. The molecule has 1 aromatic rings. The van der Waals surface area contributed by atoms with Crippen molar-refractivity contribution in [3.05, 3.63) is 23.7 Å². The summed E-state index contributed by atoms with van der Waals surface area (Å²) in [7, 11) is 4.24. The maximum absolute atomic E-state index is 5.72. The molecule has 21 heavy (non-hydrogen) atoms. The first-order valence-electron chi connectivity index (χ1n) is 7.91. The molecule has 0 aliphatic rings. The van der Waals surface area contributed by atoms with E-state index in [1.54, 1.807) is 0 Å². The van der Waals surface area contributed by atoms with Gasteiger partial charge in [-0.1, -0.05) is 6.92 Å². The summed E-state index contributed by atoms with van der Waals surface area (Å²) in [6.07, 6.45) is 1.87. The van der Waals surface area contributed by atoms with Crippen LogP contribution in [0.5, 0.6) is 0 Å². The van der Waals surface area contributed by atoms with Crippen LogP contribution in [0.3, 0.4) is 0 Å². The molecule has 1 N–H and O–H groups in total. The van der Waals surface area contributed by atoms with Crippen LogP contribution in [-0.2, 0) is 13.1 Å². The van der Waals surface area contributed by atoms with Gasteiger partial charge in [0, 0.05) is 30.2 Å². The fourth-order valence-electron chi connectivity index (χ4n) is 2.39. The van der Waals surface area contributed by atoms with Crippen LogP contribution in [0.25, 0.3) is 0 Å². The summed E-state index contributed by atoms with van der Waals surface area (Å²) in [5, 5.41) is 3.49. The van der Waals surface area contributed by atoms with Gasteiger partial charge in [0.25, 0.3) is 0 Å². The van der Waals surface area contributed by atoms with E-state index in [4.69, 9.17) is 4.42 Å². The number of rotatable bonds is 8. The minimum absolute atomic E-state index is 0.132. The van der Waals surface area contributed by atoms with Gasteiger partial charge in [0.2, 0.25) is 0 Å². The van der Waals surface area contributed by atoms with E-state index in [0.717, 1.165) is 31.9 Å². The van der Waals surface area contributed by atoms with Gasteiger partial charge in [0.15, 0.2) is 0 Å². The molecular formula is C17H33N3O. The first-order valence-corrected chi connectivity index (χ1v) is 7.91. The minimum Gasteiger partial charge on any atom is -0.468 e. The quantitative estimate of drug-likeness (QED) is 0.799. The summed E-state index contributed by atoms with van der Waals surface area (Å²) >= 11 is 0. The topological polar surface area (TPSA) is 31.6 Å². The molecule has 1 aromatic heterocycles. The number of hydrogen-bond acceptors (Lipinski definition) is 4. The summed E-state index contributed by atoms with van der Waals surface area (Å²) in [5.41, 5.74) is 1.35. The van der Waals surface area contributed by atoms with E-state index < -0.39 is 0 Å². The predicted octanol–water partition coefficient (Wildman–Crippen LogP) is 2.94. The number of nitrogens with one attached hydrogen (secondary N) is 1. The van der Waals surface area contributed by atoms with Crippen molar-refractivity contribution in [2.45, 2.75) is 59.3 Å². The number of furan rings is 1. The molecule has 0 saturated carbocycles. The Morgan fingerprint density at radius 1 is 1.29 bits per heavy atom. The third-order valence-electron chi connectivity index (χ3n) is 3.55. The van der Waals surface area contributed by atoms with Gasteiger partial charge in [0.05, 0.1) is 12.8 Å². The van der Waals surface area contributed by atoms with Crippen molar-refractivity contribution in [2.75, 3.05) is 27.2 Å². The fraction of sp³-hybridized carbons (Fsp3) is 0.765. The molecule has 0 spiro atoms. The van der Waals surface area contributed by atoms with Gasteiger partial charge in [-0.3, -0.25) is 4.90 Å². The Balaban J connectivity index is 2.55. The summed E-state index contributed by atoms with van der Waals surface area (Å²) in [6, 6.07) is 2.69. The molecule has 1 atom stereocenters. The van der Waals surface area contributed by atoms with E-state index in [1.165, 1.54) is 5.56 Å². The molecule has 4 heteroatoms. The van der Waals surface area contributed by atoms with Crippen molar-refractivity contribution in [1.82, 2.24) is 15.1 Å². The zero-order valence-corrected chi connectivity index (χ0v) is 14.9. The van der Waals surface area contributed by atoms with E-state index in [1.807, 2.05) is 6.26 Å². The third kappa shape index (κ3) is 7.11. The summed E-state index contributed by atoms with van der Waals surface area (Å²) in [4.78, 5) is 4.67. The van der Waals surface area contributed by atoms with Gasteiger partial charge in [0.1, 0.15) is 5.76 Å². The number of hydrogen-bond donors (Lipinski definition) is 1. The van der Waals surface area contributed by atoms with E-state index in [9.17, 15) is 0 Å². The second kappa shape index (κ2) is 7.97. The van der Waals surface area contributed by atoms with Gasteiger partial charge in [-0.2, -0.15) is 0 Å². The minimum atomic E-state index is 0.132. The lowest BCUT2D eigenvalue weighted by molar-refractivity contribution is 0.163. The molecule has 1 rings (SSSR count). The number of likely N-dealkylation sites (N-methyl/N-ethyl adjacent to an activating group) is 2. The lowest BCUT2D eigenvalue weighted by Crippen LogP contribution is -2.39. The highest BCUT2D eigenvalue weighted by atomic mass is 16.3. The van der Waals surface area contributed by atoms with Crippen LogP contribution in [0.4, 0.5) is 0 Å². The molecule has 4 nitrogen and oxygen atoms in total. The first-order chi connectivity index (χ1) is 9.71. The molecule has 122 valence electrons. The summed E-state index contributed by atoms with van der Waals surface area (Å²) in [5.74, 6) is 1.05. The highest BCUT2D eigenvalue weighted by molar-refractivity contribution is 5.13. The van der Waals surface area contributed by atoms with Crippen molar-refractivity contribution in [3.8, 4) is 0 Å². The molecule has 0 aliphatic carbocycles.